The van der Waals surface area contributed by atoms with Gasteiger partial charge in [0, 0.05) is 17.9 Å². The third kappa shape index (κ3) is 5.29. The van der Waals surface area contributed by atoms with Crippen molar-refractivity contribution >= 4 is 24.0 Å². The molecule has 0 radical (unpaired) electrons. The number of ketones is 1. The minimum atomic E-state index is -0.644. The number of hydrogen-bond donors (Lipinski definition) is 4. The van der Waals surface area contributed by atoms with Crippen molar-refractivity contribution in [3.63, 3.8) is 0 Å². The van der Waals surface area contributed by atoms with Gasteiger partial charge in [0.05, 0.1) is 0 Å². The Bertz CT molecular complexity index is 826. The Balaban J connectivity index is 1.96. The molecule has 4 N–H and O–H groups in total. The van der Waals surface area contributed by atoms with Crippen LogP contribution in [0.15, 0.2) is 53.5 Å². The molecule has 2 rings (SSSR count). The minimum Gasteiger partial charge on any atom is -0.504 e. The van der Waals surface area contributed by atoms with Crippen molar-refractivity contribution in [1.82, 2.24) is 5.48 Å². The molecule has 0 bridgehead atoms. The van der Waals surface area contributed by atoms with Crippen LogP contribution >= 0.6 is 0 Å². The molecule has 0 saturated carbocycles. The fourth-order valence-electron chi connectivity index (χ4n) is 1.94. The second-order valence-corrected chi connectivity index (χ2v) is 5.07. The highest BCUT2D eigenvalue weighted by Gasteiger charge is 2.04. The summed E-state index contributed by atoms with van der Waals surface area (Å²) in [5.41, 5.74) is 3.21. The molecule has 0 spiro atoms. The van der Waals surface area contributed by atoms with Crippen LogP contribution in [0.5, 0.6) is 11.5 Å². The summed E-state index contributed by atoms with van der Waals surface area (Å²) in [4.78, 5) is 27.0. The third-order valence-corrected chi connectivity index (χ3v) is 3.24. The maximum Gasteiger partial charge on any atom is 0.267 e. The lowest BCUT2D eigenvalue weighted by molar-refractivity contribution is -0.124. The first-order valence-corrected chi connectivity index (χ1v) is 7.27. The Morgan fingerprint density at radius 2 is 1.68 bits per heavy atom. The van der Waals surface area contributed by atoms with Gasteiger partial charge in [0.15, 0.2) is 17.3 Å². The van der Waals surface area contributed by atoms with Crippen molar-refractivity contribution in [3.8, 4) is 11.5 Å². The smallest absolute Gasteiger partial charge is 0.267 e. The first-order valence-electron chi connectivity index (χ1n) is 7.27. The largest absolute Gasteiger partial charge is 0.504 e. The van der Waals surface area contributed by atoms with Gasteiger partial charge in [-0.15, -0.1) is 0 Å². The number of phenols is 2. The highest BCUT2D eigenvalue weighted by molar-refractivity contribution is 5.99. The van der Waals surface area contributed by atoms with E-state index in [9.17, 15) is 19.8 Å². The summed E-state index contributed by atoms with van der Waals surface area (Å²) in [7, 11) is 0. The van der Waals surface area contributed by atoms with Gasteiger partial charge in [0.25, 0.3) is 5.91 Å². The summed E-state index contributed by atoms with van der Waals surface area (Å²) in [6.45, 7) is -0.0657. The van der Waals surface area contributed by atoms with Gasteiger partial charge >= 0.3 is 0 Å². The Morgan fingerprint density at radius 1 is 1.00 bits per heavy atom. The molecule has 0 aliphatic heterocycles. The summed E-state index contributed by atoms with van der Waals surface area (Å²) >= 11 is 0. The van der Waals surface area contributed by atoms with Crippen molar-refractivity contribution in [2.75, 3.05) is 6.54 Å². The lowest BCUT2D eigenvalue weighted by Crippen LogP contribution is -2.14. The maximum atomic E-state index is 12.1. The number of phenolic OH excluding ortho intramolecular Hbond substituents is 2. The molecule has 0 heterocycles. The van der Waals surface area contributed by atoms with Gasteiger partial charge in [-0.05, 0) is 35.4 Å². The van der Waals surface area contributed by atoms with Crippen LogP contribution in [0.2, 0.25) is 0 Å². The normalized spacial score (nSPS) is 11.1. The quantitative estimate of drug-likeness (QED) is 0.160. The molecule has 7 nitrogen and oxygen atoms in total. The first-order chi connectivity index (χ1) is 12.0. The Labute approximate surface area is 143 Å². The van der Waals surface area contributed by atoms with Crippen LogP contribution in [0.25, 0.3) is 6.08 Å². The number of hydrogen-bond acceptors (Lipinski definition) is 6. The SMILES string of the molecule is O=C(/C=C/c1ccc(C(=O)CN=Cc2ccc(O)c(O)c2)cc1)NO. The fourth-order valence-corrected chi connectivity index (χ4v) is 1.94. The van der Waals surface area contributed by atoms with Gasteiger partial charge in [0.2, 0.25) is 0 Å². The molecule has 7 heteroatoms. The van der Waals surface area contributed by atoms with Crippen LogP contribution in [0, 0.1) is 0 Å². The van der Waals surface area contributed by atoms with Gasteiger partial charge < -0.3 is 10.2 Å². The minimum absolute atomic E-state index is 0.0657. The van der Waals surface area contributed by atoms with Gasteiger partial charge in [-0.3, -0.25) is 19.8 Å². The van der Waals surface area contributed by atoms with E-state index in [0.717, 1.165) is 6.08 Å². The molecule has 128 valence electrons. The van der Waals surface area contributed by atoms with E-state index in [4.69, 9.17) is 5.21 Å². The van der Waals surface area contributed by atoms with E-state index in [2.05, 4.69) is 4.99 Å². The lowest BCUT2D eigenvalue weighted by Gasteiger charge is -2.00. The molecule has 25 heavy (non-hydrogen) atoms. The van der Waals surface area contributed by atoms with E-state index in [1.807, 2.05) is 0 Å². The number of rotatable bonds is 6. The summed E-state index contributed by atoms with van der Waals surface area (Å²) in [6.07, 6.45) is 4.09. The van der Waals surface area contributed by atoms with Gasteiger partial charge in [-0.2, -0.15) is 0 Å². The number of benzene rings is 2. The van der Waals surface area contributed by atoms with Crippen molar-refractivity contribution in [2.45, 2.75) is 0 Å². The Kier molecular flexibility index (Phi) is 6.02. The van der Waals surface area contributed by atoms with Crippen LogP contribution in [0.4, 0.5) is 0 Å². The van der Waals surface area contributed by atoms with Gasteiger partial charge in [-0.25, -0.2) is 5.48 Å². The number of nitrogens with one attached hydrogen (secondary N) is 1. The average Bonchev–Trinajstić information content (AvgIpc) is 2.63. The number of aliphatic imine (C=N–C) groups is 1. The first kappa shape index (κ1) is 17.9. The molecule has 0 fully saturated rings. The second kappa shape index (κ2) is 8.42. The van der Waals surface area contributed by atoms with Crippen LogP contribution in [0.3, 0.4) is 0 Å². The van der Waals surface area contributed by atoms with Gasteiger partial charge in [0.1, 0.15) is 6.54 Å². The van der Waals surface area contributed by atoms with Crippen LogP contribution in [-0.2, 0) is 4.79 Å². The predicted molar refractivity (Wildman–Crippen MR) is 92.0 cm³/mol. The molecule has 0 atom stereocenters. The molecular formula is C18H16N2O5. The molecule has 0 aliphatic rings. The zero-order chi connectivity index (χ0) is 18.2. The summed E-state index contributed by atoms with van der Waals surface area (Å²) in [5.74, 6) is -1.31. The molecule has 0 aliphatic carbocycles. The number of hydroxylamine groups is 1. The Morgan fingerprint density at radius 3 is 2.32 bits per heavy atom. The number of amides is 1. The fraction of sp³-hybridized carbons (Fsp3) is 0.0556. The van der Waals surface area contributed by atoms with Crippen molar-refractivity contribution in [2.24, 2.45) is 4.99 Å². The van der Waals surface area contributed by atoms with Crippen molar-refractivity contribution < 1.29 is 25.0 Å². The summed E-state index contributed by atoms with van der Waals surface area (Å²) in [6, 6.07) is 10.8. The van der Waals surface area contributed by atoms with E-state index >= 15 is 0 Å². The molecule has 1 amide bonds. The molecular weight excluding hydrogens is 324 g/mol. The number of carbonyl (C=O) groups excluding carboxylic acids is 2. The predicted octanol–water partition coefficient (Wildman–Crippen LogP) is 1.92. The molecule has 0 aromatic heterocycles. The third-order valence-electron chi connectivity index (χ3n) is 3.24. The van der Waals surface area contributed by atoms with Crippen LogP contribution in [-0.4, -0.2) is 39.9 Å². The summed E-state index contributed by atoms with van der Waals surface area (Å²) < 4.78 is 0. The lowest BCUT2D eigenvalue weighted by atomic mass is 10.1. The van der Waals surface area contributed by atoms with E-state index in [-0.39, 0.29) is 23.8 Å². The Hall–Kier alpha value is -3.45. The van der Waals surface area contributed by atoms with Crippen molar-refractivity contribution in [1.29, 1.82) is 0 Å². The van der Waals surface area contributed by atoms with E-state index in [0.29, 0.717) is 16.7 Å². The molecule has 2 aromatic carbocycles. The number of carbonyl (C=O) groups is 2. The average molecular weight is 340 g/mol. The van der Waals surface area contributed by atoms with E-state index in [1.54, 1.807) is 30.3 Å². The van der Waals surface area contributed by atoms with Gasteiger partial charge in [-0.1, -0.05) is 24.3 Å². The number of nitrogens with zero attached hydrogens (tertiary/aromatic N) is 1. The van der Waals surface area contributed by atoms with E-state index < -0.39 is 5.91 Å². The maximum absolute atomic E-state index is 12.1. The standard InChI is InChI=1S/C18H16N2O5/c21-15-7-3-13(9-16(15)22)10-19-11-17(23)14-5-1-12(2-6-14)4-8-18(24)20-25/h1-10,21-22,25H,11H2,(H,20,24)/b8-4+,19-10?. The highest BCUT2D eigenvalue weighted by atomic mass is 16.5. The number of aromatic hydroxyl groups is 2. The zero-order valence-electron chi connectivity index (χ0n) is 13.1. The molecule has 0 unspecified atom stereocenters. The van der Waals surface area contributed by atoms with Crippen molar-refractivity contribution in [3.05, 3.63) is 65.2 Å². The summed E-state index contributed by atoms with van der Waals surface area (Å²) in [5, 5.41) is 27.0. The van der Waals surface area contributed by atoms with Crippen LogP contribution < -0.4 is 5.48 Å². The van der Waals surface area contributed by atoms with E-state index in [1.165, 1.54) is 29.9 Å². The zero-order valence-corrected chi connectivity index (χ0v) is 13.1. The second-order valence-electron chi connectivity index (χ2n) is 5.07. The highest BCUT2D eigenvalue weighted by Crippen LogP contribution is 2.24. The molecule has 0 saturated heterocycles. The monoisotopic (exact) mass is 340 g/mol. The number of Topliss-reactive ketones (excluding diaryl/α,β-unsaturated/α-hetero) is 1. The van der Waals surface area contributed by atoms with Crippen LogP contribution in [0.1, 0.15) is 21.5 Å². The topological polar surface area (TPSA) is 119 Å². The molecule has 2 aromatic rings.